The number of urea groups is 1. The van der Waals surface area contributed by atoms with Gasteiger partial charge in [-0.1, -0.05) is 24.3 Å². The van der Waals surface area contributed by atoms with Crippen LogP contribution in [0.5, 0.6) is 11.5 Å². The van der Waals surface area contributed by atoms with Crippen LogP contribution in [0.1, 0.15) is 25.0 Å². The number of nitrogens with zero attached hydrogens (tertiary/aromatic N) is 2. The Morgan fingerprint density at radius 1 is 1.16 bits per heavy atom. The SMILES string of the molecule is C[C@H]1Cc2ccccc2N1C(=O)CN1C(=O)N[C@](C)(Cc2ccc3c(c2)OCO3)C1=O. The number of hydrogen-bond acceptors (Lipinski definition) is 5. The Morgan fingerprint density at radius 2 is 1.94 bits per heavy atom. The fourth-order valence-electron chi connectivity index (χ4n) is 4.63. The predicted octanol–water partition coefficient (Wildman–Crippen LogP) is 2.25. The first-order valence-corrected chi connectivity index (χ1v) is 10.3. The van der Waals surface area contributed by atoms with Crippen LogP contribution in [-0.4, -0.2) is 47.7 Å². The van der Waals surface area contributed by atoms with Crippen LogP contribution in [0.3, 0.4) is 0 Å². The zero-order valence-corrected chi connectivity index (χ0v) is 17.4. The lowest BCUT2D eigenvalue weighted by Gasteiger charge is -2.25. The first-order valence-electron chi connectivity index (χ1n) is 10.3. The Kier molecular flexibility index (Phi) is 4.39. The average Bonchev–Trinajstić information content (AvgIpc) is 3.38. The maximum atomic E-state index is 13.2. The number of fused-ring (bicyclic) bond motifs is 2. The quantitative estimate of drug-likeness (QED) is 0.765. The number of carbonyl (C=O) groups excluding carboxylic acids is 3. The fourth-order valence-corrected chi connectivity index (χ4v) is 4.63. The Morgan fingerprint density at radius 3 is 2.77 bits per heavy atom. The van der Waals surface area contributed by atoms with E-state index in [1.807, 2.05) is 43.3 Å². The molecule has 3 aliphatic rings. The number of carbonyl (C=O) groups is 3. The summed E-state index contributed by atoms with van der Waals surface area (Å²) in [6.07, 6.45) is 1.03. The van der Waals surface area contributed by atoms with Gasteiger partial charge in [-0.05, 0) is 49.6 Å². The highest BCUT2D eigenvalue weighted by molar-refractivity contribution is 6.10. The first-order chi connectivity index (χ1) is 14.9. The van der Waals surface area contributed by atoms with Crippen LogP contribution in [0.2, 0.25) is 0 Å². The maximum absolute atomic E-state index is 13.2. The molecule has 4 amide bonds. The van der Waals surface area contributed by atoms with E-state index in [4.69, 9.17) is 9.47 Å². The summed E-state index contributed by atoms with van der Waals surface area (Å²) in [5.74, 6) is 0.589. The number of benzene rings is 2. The van der Waals surface area contributed by atoms with E-state index in [1.54, 1.807) is 17.9 Å². The van der Waals surface area contributed by atoms with E-state index in [0.29, 0.717) is 11.5 Å². The third kappa shape index (κ3) is 3.19. The molecule has 5 rings (SSSR count). The molecule has 160 valence electrons. The normalized spacial score (nSPS) is 23.9. The summed E-state index contributed by atoms with van der Waals surface area (Å²) in [5, 5.41) is 2.77. The third-order valence-corrected chi connectivity index (χ3v) is 6.11. The lowest BCUT2D eigenvalue weighted by molar-refractivity contribution is -0.134. The van der Waals surface area contributed by atoms with Crippen molar-refractivity contribution in [3.63, 3.8) is 0 Å². The number of hydrogen-bond donors (Lipinski definition) is 1. The first kappa shape index (κ1) is 19.4. The van der Waals surface area contributed by atoms with Gasteiger partial charge in [-0.25, -0.2) is 4.79 Å². The van der Waals surface area contributed by atoms with Crippen LogP contribution >= 0.6 is 0 Å². The van der Waals surface area contributed by atoms with Gasteiger partial charge in [0.15, 0.2) is 11.5 Å². The molecule has 1 N–H and O–H groups in total. The van der Waals surface area contributed by atoms with Crippen LogP contribution in [0.4, 0.5) is 10.5 Å². The summed E-state index contributed by atoms with van der Waals surface area (Å²) in [6, 6.07) is 12.6. The molecule has 1 fully saturated rings. The van der Waals surface area contributed by atoms with Crippen LogP contribution in [0.25, 0.3) is 0 Å². The zero-order chi connectivity index (χ0) is 21.8. The minimum absolute atomic E-state index is 0.0225. The van der Waals surface area contributed by atoms with Crippen molar-refractivity contribution in [2.75, 3.05) is 18.2 Å². The topological polar surface area (TPSA) is 88.2 Å². The largest absolute Gasteiger partial charge is 0.454 e. The van der Waals surface area contributed by atoms with Gasteiger partial charge in [-0.15, -0.1) is 0 Å². The van der Waals surface area contributed by atoms with Gasteiger partial charge in [0, 0.05) is 18.2 Å². The summed E-state index contributed by atoms with van der Waals surface area (Å²) in [5.41, 5.74) is 1.62. The number of amides is 4. The second kappa shape index (κ2) is 7.01. The monoisotopic (exact) mass is 421 g/mol. The van der Waals surface area contributed by atoms with E-state index >= 15 is 0 Å². The van der Waals surface area contributed by atoms with Gasteiger partial charge in [0.1, 0.15) is 12.1 Å². The summed E-state index contributed by atoms with van der Waals surface area (Å²) in [4.78, 5) is 41.6. The van der Waals surface area contributed by atoms with Gasteiger partial charge in [0.05, 0.1) is 0 Å². The molecule has 0 unspecified atom stereocenters. The van der Waals surface area contributed by atoms with E-state index in [9.17, 15) is 14.4 Å². The van der Waals surface area contributed by atoms with Crippen molar-refractivity contribution in [1.82, 2.24) is 10.2 Å². The molecule has 31 heavy (non-hydrogen) atoms. The lowest BCUT2D eigenvalue weighted by Crippen LogP contribution is -2.48. The molecule has 8 nitrogen and oxygen atoms in total. The van der Waals surface area contributed by atoms with Crippen LogP contribution in [-0.2, 0) is 22.4 Å². The van der Waals surface area contributed by atoms with E-state index in [1.165, 1.54) is 0 Å². The molecule has 1 saturated heterocycles. The smallest absolute Gasteiger partial charge is 0.325 e. The molecule has 2 atom stereocenters. The average molecular weight is 421 g/mol. The summed E-state index contributed by atoms with van der Waals surface area (Å²) < 4.78 is 10.7. The number of para-hydroxylation sites is 1. The lowest BCUT2D eigenvalue weighted by atomic mass is 9.92. The third-order valence-electron chi connectivity index (χ3n) is 6.11. The van der Waals surface area contributed by atoms with Gasteiger partial charge in [0.25, 0.3) is 5.91 Å². The Hall–Kier alpha value is -3.55. The number of imide groups is 1. The molecule has 3 heterocycles. The second-order valence-corrected chi connectivity index (χ2v) is 8.46. The zero-order valence-electron chi connectivity index (χ0n) is 17.4. The molecule has 0 saturated carbocycles. The standard InChI is InChI=1S/C23H23N3O5/c1-14-9-16-5-3-4-6-17(16)26(14)20(27)12-25-21(28)23(2,24-22(25)29)11-15-7-8-18-19(10-15)31-13-30-18/h3-8,10,14H,9,11-13H2,1-2H3,(H,24,29)/t14-,23+/m0/s1. The fraction of sp³-hybridized carbons (Fsp3) is 0.348. The van der Waals surface area contributed by atoms with Gasteiger partial charge in [-0.2, -0.15) is 0 Å². The summed E-state index contributed by atoms with van der Waals surface area (Å²) >= 11 is 0. The highest BCUT2D eigenvalue weighted by Gasteiger charge is 2.49. The van der Waals surface area contributed by atoms with Crippen LogP contribution in [0, 0.1) is 0 Å². The minimum atomic E-state index is -1.14. The molecule has 0 aromatic heterocycles. The molecule has 0 aliphatic carbocycles. The molecule has 0 bridgehead atoms. The molecule has 0 radical (unpaired) electrons. The van der Waals surface area contributed by atoms with E-state index in [0.717, 1.165) is 28.1 Å². The molecule has 3 aliphatic heterocycles. The van der Waals surface area contributed by atoms with Gasteiger partial charge in [0.2, 0.25) is 12.7 Å². The highest BCUT2D eigenvalue weighted by Crippen LogP contribution is 2.35. The van der Waals surface area contributed by atoms with E-state index < -0.39 is 17.5 Å². The van der Waals surface area contributed by atoms with Gasteiger partial charge >= 0.3 is 6.03 Å². The molecule has 2 aromatic carbocycles. The van der Waals surface area contributed by atoms with Crippen molar-refractivity contribution < 1.29 is 23.9 Å². The van der Waals surface area contributed by atoms with Crippen molar-refractivity contribution in [2.45, 2.75) is 38.3 Å². The van der Waals surface area contributed by atoms with Crippen molar-refractivity contribution in [3.8, 4) is 11.5 Å². The molecule has 0 spiro atoms. The highest BCUT2D eigenvalue weighted by atomic mass is 16.7. The summed E-state index contributed by atoms with van der Waals surface area (Å²) in [7, 11) is 0. The number of nitrogens with one attached hydrogen (secondary N) is 1. The van der Waals surface area contributed by atoms with E-state index in [2.05, 4.69) is 5.32 Å². The minimum Gasteiger partial charge on any atom is -0.454 e. The van der Waals surface area contributed by atoms with Gasteiger partial charge in [-0.3, -0.25) is 14.5 Å². The molecule has 8 heteroatoms. The van der Waals surface area contributed by atoms with Crippen molar-refractivity contribution >= 4 is 23.5 Å². The Labute approximate surface area is 179 Å². The van der Waals surface area contributed by atoms with Crippen molar-refractivity contribution in [1.29, 1.82) is 0 Å². The predicted molar refractivity (Wildman–Crippen MR) is 112 cm³/mol. The van der Waals surface area contributed by atoms with Crippen molar-refractivity contribution in [2.24, 2.45) is 0 Å². The molecular formula is C23H23N3O5. The molecule has 2 aromatic rings. The van der Waals surface area contributed by atoms with Crippen molar-refractivity contribution in [3.05, 3.63) is 53.6 Å². The van der Waals surface area contributed by atoms with Gasteiger partial charge < -0.3 is 19.7 Å². The Bertz CT molecular complexity index is 1100. The number of anilines is 1. The number of rotatable bonds is 4. The van der Waals surface area contributed by atoms with E-state index in [-0.39, 0.29) is 31.7 Å². The van der Waals surface area contributed by atoms with Crippen LogP contribution < -0.4 is 19.7 Å². The van der Waals surface area contributed by atoms with Crippen LogP contribution in [0.15, 0.2) is 42.5 Å². The summed E-state index contributed by atoms with van der Waals surface area (Å²) in [6.45, 7) is 3.52. The Balaban J connectivity index is 1.33. The maximum Gasteiger partial charge on any atom is 0.325 e. The second-order valence-electron chi connectivity index (χ2n) is 8.46. The molecular weight excluding hydrogens is 398 g/mol. The number of ether oxygens (including phenoxy) is 2.